The van der Waals surface area contributed by atoms with Crippen LogP contribution in [-0.2, 0) is 4.74 Å². The van der Waals surface area contributed by atoms with Crippen LogP contribution in [0.5, 0.6) is 0 Å². The van der Waals surface area contributed by atoms with E-state index in [0.717, 1.165) is 25.3 Å². The fourth-order valence-electron chi connectivity index (χ4n) is 1.65. The second kappa shape index (κ2) is 3.94. The van der Waals surface area contributed by atoms with Gasteiger partial charge in [-0.1, -0.05) is 0 Å². The first-order valence-corrected chi connectivity index (χ1v) is 4.76. The van der Waals surface area contributed by atoms with Gasteiger partial charge in [-0.3, -0.25) is 0 Å². The van der Waals surface area contributed by atoms with Gasteiger partial charge in [0.1, 0.15) is 11.9 Å². The molecule has 0 saturated carbocycles. The molecule has 0 spiro atoms. The van der Waals surface area contributed by atoms with Gasteiger partial charge in [-0.25, -0.2) is 0 Å². The Morgan fingerprint density at radius 1 is 1.54 bits per heavy atom. The Kier molecular flexibility index (Phi) is 2.66. The molecule has 13 heavy (non-hydrogen) atoms. The standard InChI is InChI=1S/C10H15NO2/c1-8-10(9-4-2-6-12-9)13-7-3-5-11-8/h2,4,6,8,10-11H,3,5,7H2,1H3. The summed E-state index contributed by atoms with van der Waals surface area (Å²) in [4.78, 5) is 0. The number of nitrogens with one attached hydrogen (secondary N) is 1. The summed E-state index contributed by atoms with van der Waals surface area (Å²) in [5.74, 6) is 0.918. The van der Waals surface area contributed by atoms with Crippen LogP contribution in [0.1, 0.15) is 25.2 Å². The van der Waals surface area contributed by atoms with Crippen LogP contribution in [0.2, 0.25) is 0 Å². The van der Waals surface area contributed by atoms with Gasteiger partial charge in [0.05, 0.1) is 6.26 Å². The molecule has 1 aliphatic rings. The van der Waals surface area contributed by atoms with Crippen molar-refractivity contribution in [1.29, 1.82) is 0 Å². The molecular weight excluding hydrogens is 166 g/mol. The van der Waals surface area contributed by atoms with E-state index in [1.165, 1.54) is 0 Å². The summed E-state index contributed by atoms with van der Waals surface area (Å²) in [5.41, 5.74) is 0. The Morgan fingerprint density at radius 2 is 2.46 bits per heavy atom. The van der Waals surface area contributed by atoms with Gasteiger partial charge in [0.25, 0.3) is 0 Å². The maximum atomic E-state index is 5.70. The van der Waals surface area contributed by atoms with Crippen LogP contribution in [0, 0.1) is 0 Å². The summed E-state index contributed by atoms with van der Waals surface area (Å²) in [6.45, 7) is 3.96. The number of hydrogen-bond acceptors (Lipinski definition) is 3. The summed E-state index contributed by atoms with van der Waals surface area (Å²) in [6.07, 6.45) is 2.83. The normalized spacial score (nSPS) is 29.9. The SMILES string of the molecule is CC1NCCCOC1c1ccco1. The highest BCUT2D eigenvalue weighted by Crippen LogP contribution is 2.23. The van der Waals surface area contributed by atoms with Crippen molar-refractivity contribution in [2.75, 3.05) is 13.2 Å². The summed E-state index contributed by atoms with van der Waals surface area (Å²) in [6, 6.07) is 4.19. The minimum absolute atomic E-state index is 0.0671. The minimum atomic E-state index is 0.0671. The Hall–Kier alpha value is -0.800. The predicted octanol–water partition coefficient (Wildman–Crippen LogP) is 1.72. The van der Waals surface area contributed by atoms with E-state index in [1.807, 2.05) is 12.1 Å². The second-order valence-electron chi connectivity index (χ2n) is 3.40. The van der Waals surface area contributed by atoms with Gasteiger partial charge in [0.2, 0.25) is 0 Å². The molecule has 0 aliphatic carbocycles. The maximum absolute atomic E-state index is 5.70. The van der Waals surface area contributed by atoms with E-state index >= 15 is 0 Å². The topological polar surface area (TPSA) is 34.4 Å². The van der Waals surface area contributed by atoms with Crippen molar-refractivity contribution >= 4 is 0 Å². The van der Waals surface area contributed by atoms with Crippen molar-refractivity contribution < 1.29 is 9.15 Å². The lowest BCUT2D eigenvalue weighted by Crippen LogP contribution is -2.31. The Bertz CT molecular complexity index is 245. The fraction of sp³-hybridized carbons (Fsp3) is 0.600. The lowest BCUT2D eigenvalue weighted by Gasteiger charge is -2.19. The molecule has 2 heterocycles. The van der Waals surface area contributed by atoms with Crippen LogP contribution in [0.3, 0.4) is 0 Å². The predicted molar refractivity (Wildman–Crippen MR) is 49.5 cm³/mol. The van der Waals surface area contributed by atoms with Crippen LogP contribution >= 0.6 is 0 Å². The van der Waals surface area contributed by atoms with Crippen LogP contribution in [0.4, 0.5) is 0 Å². The highest BCUT2D eigenvalue weighted by molar-refractivity contribution is 5.05. The molecule has 1 aliphatic heterocycles. The lowest BCUT2D eigenvalue weighted by molar-refractivity contribution is 0.0310. The van der Waals surface area contributed by atoms with E-state index < -0.39 is 0 Å². The van der Waals surface area contributed by atoms with E-state index in [9.17, 15) is 0 Å². The molecule has 2 unspecified atom stereocenters. The largest absolute Gasteiger partial charge is 0.467 e. The van der Waals surface area contributed by atoms with E-state index in [2.05, 4.69) is 12.2 Å². The van der Waals surface area contributed by atoms with Gasteiger partial charge < -0.3 is 14.5 Å². The highest BCUT2D eigenvalue weighted by Gasteiger charge is 2.23. The quantitative estimate of drug-likeness (QED) is 0.716. The van der Waals surface area contributed by atoms with Crippen molar-refractivity contribution in [2.24, 2.45) is 0 Å². The molecule has 1 aromatic heterocycles. The van der Waals surface area contributed by atoms with Gasteiger partial charge in [-0.2, -0.15) is 0 Å². The molecule has 72 valence electrons. The minimum Gasteiger partial charge on any atom is -0.467 e. The average Bonchev–Trinajstić information content (AvgIpc) is 2.56. The molecule has 0 radical (unpaired) electrons. The lowest BCUT2D eigenvalue weighted by atomic mass is 10.1. The van der Waals surface area contributed by atoms with E-state index in [1.54, 1.807) is 6.26 Å². The van der Waals surface area contributed by atoms with Gasteiger partial charge in [-0.15, -0.1) is 0 Å². The molecule has 1 fully saturated rings. The summed E-state index contributed by atoms with van der Waals surface area (Å²) < 4.78 is 11.0. The van der Waals surface area contributed by atoms with Crippen LogP contribution < -0.4 is 5.32 Å². The first-order valence-electron chi connectivity index (χ1n) is 4.76. The molecule has 1 aromatic rings. The Morgan fingerprint density at radius 3 is 3.23 bits per heavy atom. The van der Waals surface area contributed by atoms with Crippen molar-refractivity contribution in [3.63, 3.8) is 0 Å². The first kappa shape index (κ1) is 8.78. The van der Waals surface area contributed by atoms with Crippen LogP contribution in [0.15, 0.2) is 22.8 Å². The third-order valence-electron chi connectivity index (χ3n) is 2.36. The van der Waals surface area contributed by atoms with Crippen LogP contribution in [-0.4, -0.2) is 19.2 Å². The van der Waals surface area contributed by atoms with E-state index in [0.29, 0.717) is 6.04 Å². The Balaban J connectivity index is 2.11. The molecule has 0 bridgehead atoms. The third-order valence-corrected chi connectivity index (χ3v) is 2.36. The first-order chi connectivity index (χ1) is 6.38. The zero-order chi connectivity index (χ0) is 9.10. The molecule has 3 heteroatoms. The smallest absolute Gasteiger partial charge is 0.134 e. The van der Waals surface area contributed by atoms with Crippen molar-refractivity contribution in [3.05, 3.63) is 24.2 Å². The van der Waals surface area contributed by atoms with Crippen molar-refractivity contribution in [1.82, 2.24) is 5.32 Å². The fourth-order valence-corrected chi connectivity index (χ4v) is 1.65. The molecule has 0 amide bonds. The molecule has 1 saturated heterocycles. The van der Waals surface area contributed by atoms with Crippen molar-refractivity contribution in [3.8, 4) is 0 Å². The van der Waals surface area contributed by atoms with Crippen molar-refractivity contribution in [2.45, 2.75) is 25.5 Å². The van der Waals surface area contributed by atoms with Gasteiger partial charge >= 0.3 is 0 Å². The molecule has 3 nitrogen and oxygen atoms in total. The number of ether oxygens (including phenoxy) is 1. The average molecular weight is 181 g/mol. The highest BCUT2D eigenvalue weighted by atomic mass is 16.5. The molecular formula is C10H15NO2. The number of hydrogen-bond donors (Lipinski definition) is 1. The zero-order valence-electron chi connectivity index (χ0n) is 7.82. The number of rotatable bonds is 1. The summed E-state index contributed by atoms with van der Waals surface area (Å²) in [7, 11) is 0. The molecule has 2 atom stereocenters. The number of furan rings is 1. The van der Waals surface area contributed by atoms with Gasteiger partial charge in [0.15, 0.2) is 0 Å². The zero-order valence-corrected chi connectivity index (χ0v) is 7.82. The van der Waals surface area contributed by atoms with Crippen LogP contribution in [0.25, 0.3) is 0 Å². The van der Waals surface area contributed by atoms with Gasteiger partial charge in [0, 0.05) is 12.6 Å². The van der Waals surface area contributed by atoms with E-state index in [4.69, 9.17) is 9.15 Å². The summed E-state index contributed by atoms with van der Waals surface area (Å²) in [5, 5.41) is 3.40. The van der Waals surface area contributed by atoms with E-state index in [-0.39, 0.29) is 6.10 Å². The molecule has 1 N–H and O–H groups in total. The Labute approximate surface area is 78.1 Å². The summed E-state index contributed by atoms with van der Waals surface area (Å²) >= 11 is 0. The molecule has 2 rings (SSSR count). The molecule has 0 aromatic carbocycles. The monoisotopic (exact) mass is 181 g/mol. The second-order valence-corrected chi connectivity index (χ2v) is 3.40. The van der Waals surface area contributed by atoms with Gasteiger partial charge in [-0.05, 0) is 32.0 Å². The maximum Gasteiger partial charge on any atom is 0.134 e. The third kappa shape index (κ3) is 1.92.